The van der Waals surface area contributed by atoms with E-state index in [2.05, 4.69) is 14.7 Å². The molecule has 4 aromatic rings. The third-order valence-electron chi connectivity index (χ3n) is 4.58. The summed E-state index contributed by atoms with van der Waals surface area (Å²) >= 11 is 5.91. The third kappa shape index (κ3) is 5.12. The summed E-state index contributed by atoms with van der Waals surface area (Å²) in [6, 6.07) is 16.2. The number of rotatable bonds is 5. The lowest BCUT2D eigenvalue weighted by Crippen LogP contribution is -2.17. The van der Waals surface area contributed by atoms with E-state index in [4.69, 9.17) is 11.6 Å². The van der Waals surface area contributed by atoms with Gasteiger partial charge in [0, 0.05) is 18.0 Å². The van der Waals surface area contributed by atoms with Gasteiger partial charge in [-0.15, -0.1) is 13.2 Å². The minimum atomic E-state index is -4.82. The lowest BCUT2D eigenvalue weighted by atomic mass is 10.0. The van der Waals surface area contributed by atoms with Crippen LogP contribution >= 0.6 is 11.6 Å². The van der Waals surface area contributed by atoms with Crippen LogP contribution in [0.4, 0.5) is 13.2 Å². The molecule has 4 rings (SSSR count). The highest BCUT2D eigenvalue weighted by Crippen LogP contribution is 2.33. The molecule has 4 nitrogen and oxygen atoms in total. The van der Waals surface area contributed by atoms with E-state index in [0.29, 0.717) is 16.7 Å². The number of fused-ring (bicyclic) bond motifs is 1. The SMILES string of the molecule is O=C(/C=C/c1ccc2nccnc2c1)c1ccc(-c2ccc(OC(F)(F)F)c(Cl)c2)cc1. The maximum absolute atomic E-state index is 12.5. The summed E-state index contributed by atoms with van der Waals surface area (Å²) in [4.78, 5) is 20.9. The van der Waals surface area contributed by atoms with Gasteiger partial charge < -0.3 is 4.74 Å². The molecule has 0 bridgehead atoms. The van der Waals surface area contributed by atoms with Crippen molar-refractivity contribution >= 4 is 34.5 Å². The zero-order valence-corrected chi connectivity index (χ0v) is 17.1. The lowest BCUT2D eigenvalue weighted by Gasteiger charge is -2.11. The van der Waals surface area contributed by atoms with Crippen LogP contribution < -0.4 is 4.74 Å². The second kappa shape index (κ2) is 8.80. The molecule has 0 aliphatic carbocycles. The van der Waals surface area contributed by atoms with Gasteiger partial charge in [0.1, 0.15) is 5.75 Å². The van der Waals surface area contributed by atoms with Gasteiger partial charge >= 0.3 is 6.36 Å². The summed E-state index contributed by atoms with van der Waals surface area (Å²) in [5.74, 6) is -0.665. The lowest BCUT2D eigenvalue weighted by molar-refractivity contribution is -0.274. The van der Waals surface area contributed by atoms with Crippen LogP contribution in [0.2, 0.25) is 5.02 Å². The molecular formula is C24H14ClF3N2O2. The minimum Gasteiger partial charge on any atom is -0.404 e. The largest absolute Gasteiger partial charge is 0.573 e. The van der Waals surface area contributed by atoms with E-state index in [1.807, 2.05) is 18.2 Å². The van der Waals surface area contributed by atoms with E-state index < -0.39 is 12.1 Å². The molecule has 160 valence electrons. The van der Waals surface area contributed by atoms with E-state index in [1.54, 1.807) is 42.7 Å². The molecule has 0 N–H and O–H groups in total. The van der Waals surface area contributed by atoms with Gasteiger partial charge in [0.05, 0.1) is 16.1 Å². The van der Waals surface area contributed by atoms with Gasteiger partial charge in [-0.25, -0.2) is 0 Å². The van der Waals surface area contributed by atoms with Crippen LogP contribution in [0.1, 0.15) is 15.9 Å². The van der Waals surface area contributed by atoms with Crippen LogP contribution in [0.3, 0.4) is 0 Å². The normalized spacial score (nSPS) is 11.8. The molecule has 8 heteroatoms. The summed E-state index contributed by atoms with van der Waals surface area (Å²) in [7, 11) is 0. The predicted molar refractivity (Wildman–Crippen MR) is 116 cm³/mol. The number of allylic oxidation sites excluding steroid dienone is 1. The fourth-order valence-corrected chi connectivity index (χ4v) is 3.29. The average Bonchev–Trinajstić information content (AvgIpc) is 2.78. The second-order valence-corrected chi connectivity index (χ2v) is 7.18. The van der Waals surface area contributed by atoms with Crippen molar-refractivity contribution in [1.29, 1.82) is 0 Å². The molecule has 0 aliphatic heterocycles. The Bertz CT molecular complexity index is 1320. The van der Waals surface area contributed by atoms with Crippen LogP contribution in [0.5, 0.6) is 5.75 Å². The summed E-state index contributed by atoms with van der Waals surface area (Å²) in [5, 5.41) is -0.164. The van der Waals surface area contributed by atoms with Crippen molar-refractivity contribution in [2.24, 2.45) is 0 Å². The highest BCUT2D eigenvalue weighted by molar-refractivity contribution is 6.32. The Labute approximate surface area is 186 Å². The third-order valence-corrected chi connectivity index (χ3v) is 4.88. The average molecular weight is 455 g/mol. The van der Waals surface area contributed by atoms with Crippen molar-refractivity contribution in [2.75, 3.05) is 0 Å². The van der Waals surface area contributed by atoms with Gasteiger partial charge in [-0.1, -0.05) is 54.1 Å². The number of benzene rings is 3. The summed E-state index contributed by atoms with van der Waals surface area (Å²) in [6.07, 6.45) is 1.56. The molecule has 0 saturated heterocycles. The molecule has 0 fully saturated rings. The number of carbonyl (C=O) groups is 1. The molecule has 0 amide bonds. The van der Waals surface area contributed by atoms with Gasteiger partial charge in [0.2, 0.25) is 0 Å². The minimum absolute atomic E-state index is 0.164. The number of hydrogen-bond donors (Lipinski definition) is 0. The van der Waals surface area contributed by atoms with Crippen LogP contribution in [-0.2, 0) is 0 Å². The number of hydrogen-bond acceptors (Lipinski definition) is 4. The number of aromatic nitrogens is 2. The summed E-state index contributed by atoms with van der Waals surface area (Å²) in [6.45, 7) is 0. The fourth-order valence-electron chi connectivity index (χ4n) is 3.07. The van der Waals surface area contributed by atoms with Gasteiger partial charge in [-0.3, -0.25) is 14.8 Å². The van der Waals surface area contributed by atoms with Crippen molar-refractivity contribution in [3.05, 3.63) is 95.3 Å². The highest BCUT2D eigenvalue weighted by atomic mass is 35.5. The number of alkyl halides is 3. The summed E-state index contributed by atoms with van der Waals surface area (Å²) < 4.78 is 41.0. The Morgan fingerprint density at radius 1 is 0.875 bits per heavy atom. The number of halogens is 4. The quantitative estimate of drug-likeness (QED) is 0.247. The van der Waals surface area contributed by atoms with Gasteiger partial charge in [0.15, 0.2) is 5.78 Å². The molecule has 0 radical (unpaired) electrons. The fraction of sp³-hybridized carbons (Fsp3) is 0.0417. The molecule has 0 spiro atoms. The first-order valence-corrected chi connectivity index (χ1v) is 9.75. The Balaban J connectivity index is 1.48. The Kier molecular flexibility index (Phi) is 5.92. The number of ketones is 1. The van der Waals surface area contributed by atoms with E-state index in [0.717, 1.165) is 22.7 Å². The predicted octanol–water partition coefficient (Wildman–Crippen LogP) is 6.74. The first-order valence-electron chi connectivity index (χ1n) is 9.37. The molecule has 1 heterocycles. The first-order chi connectivity index (χ1) is 15.3. The van der Waals surface area contributed by atoms with Crippen molar-refractivity contribution in [2.45, 2.75) is 6.36 Å². The Hall–Kier alpha value is -3.71. The number of ether oxygens (including phenoxy) is 1. The van der Waals surface area contributed by atoms with Crippen molar-refractivity contribution in [3.63, 3.8) is 0 Å². The van der Waals surface area contributed by atoms with Crippen LogP contribution in [0, 0.1) is 0 Å². The molecule has 0 unspecified atom stereocenters. The first kappa shape index (κ1) is 21.5. The van der Waals surface area contributed by atoms with E-state index in [-0.39, 0.29) is 10.8 Å². The summed E-state index contributed by atoms with van der Waals surface area (Å²) in [5.41, 5.74) is 4.07. The topological polar surface area (TPSA) is 52.1 Å². The standard InChI is InChI=1S/C24H14ClF3N2O2/c25-19-14-18(7-10-23(19)32-24(26,27)28)16-3-5-17(6-4-16)22(31)9-2-15-1-8-20-21(13-15)30-12-11-29-20/h1-14H/b9-2+. The molecule has 0 saturated carbocycles. The molecule has 0 aliphatic rings. The van der Waals surface area contributed by atoms with E-state index in [9.17, 15) is 18.0 Å². The zero-order valence-electron chi connectivity index (χ0n) is 16.3. The molecule has 3 aromatic carbocycles. The van der Waals surface area contributed by atoms with Crippen molar-refractivity contribution in [3.8, 4) is 16.9 Å². The monoisotopic (exact) mass is 454 g/mol. The highest BCUT2D eigenvalue weighted by Gasteiger charge is 2.32. The van der Waals surface area contributed by atoms with E-state index in [1.165, 1.54) is 18.2 Å². The zero-order chi connectivity index (χ0) is 22.7. The maximum Gasteiger partial charge on any atom is 0.573 e. The maximum atomic E-state index is 12.5. The van der Waals surface area contributed by atoms with Crippen LogP contribution in [-0.4, -0.2) is 22.1 Å². The Morgan fingerprint density at radius 2 is 1.56 bits per heavy atom. The number of carbonyl (C=O) groups excluding carboxylic acids is 1. The molecule has 32 heavy (non-hydrogen) atoms. The van der Waals surface area contributed by atoms with Gasteiger partial charge in [-0.2, -0.15) is 0 Å². The van der Waals surface area contributed by atoms with Gasteiger partial charge in [0.25, 0.3) is 0 Å². The van der Waals surface area contributed by atoms with Gasteiger partial charge in [-0.05, 0) is 47.0 Å². The van der Waals surface area contributed by atoms with E-state index >= 15 is 0 Å². The second-order valence-electron chi connectivity index (χ2n) is 6.77. The molecule has 0 atom stereocenters. The number of nitrogens with zero attached hydrogens (tertiary/aromatic N) is 2. The molecule has 1 aromatic heterocycles. The van der Waals surface area contributed by atoms with Crippen molar-refractivity contribution < 1.29 is 22.7 Å². The van der Waals surface area contributed by atoms with Crippen LogP contribution in [0.25, 0.3) is 28.2 Å². The van der Waals surface area contributed by atoms with Crippen LogP contribution in [0.15, 0.2) is 79.1 Å². The Morgan fingerprint density at radius 3 is 2.25 bits per heavy atom. The smallest absolute Gasteiger partial charge is 0.404 e. The molecular weight excluding hydrogens is 441 g/mol. The van der Waals surface area contributed by atoms with Crippen molar-refractivity contribution in [1.82, 2.24) is 9.97 Å².